The van der Waals surface area contributed by atoms with Crippen LogP contribution in [-0.2, 0) is 18.5 Å². The van der Waals surface area contributed by atoms with E-state index in [-0.39, 0.29) is 5.56 Å². The van der Waals surface area contributed by atoms with Gasteiger partial charge >= 0.3 is 6.18 Å². The fourth-order valence-corrected chi connectivity index (χ4v) is 2.91. The first-order chi connectivity index (χ1) is 10.4. The average Bonchev–Trinajstić information content (AvgIpc) is 2.84. The highest BCUT2D eigenvalue weighted by molar-refractivity contribution is 7.98. The van der Waals surface area contributed by atoms with Gasteiger partial charge in [0, 0.05) is 11.4 Å². The van der Waals surface area contributed by atoms with Gasteiger partial charge in [-0.1, -0.05) is 0 Å². The van der Waals surface area contributed by atoms with Gasteiger partial charge in [0.05, 0.1) is 22.9 Å². The zero-order valence-electron chi connectivity index (χ0n) is 12.0. The van der Waals surface area contributed by atoms with Gasteiger partial charge in [-0.25, -0.2) is 0 Å². The molecule has 2 aromatic rings. The molecule has 0 spiro atoms. The van der Waals surface area contributed by atoms with E-state index >= 15 is 0 Å². The molecule has 0 aliphatic heterocycles. The monoisotopic (exact) mass is 326 g/mol. The number of hydrogen-bond donors (Lipinski definition) is 0. The van der Waals surface area contributed by atoms with E-state index in [1.165, 1.54) is 23.9 Å². The summed E-state index contributed by atoms with van der Waals surface area (Å²) in [5, 5.41) is 16.8. The summed E-state index contributed by atoms with van der Waals surface area (Å²) >= 11 is 1.23. The van der Waals surface area contributed by atoms with Gasteiger partial charge < -0.3 is 4.57 Å². The van der Waals surface area contributed by atoms with Crippen LogP contribution in [0.25, 0.3) is 0 Å². The Kier molecular flexibility index (Phi) is 4.76. The highest BCUT2D eigenvalue weighted by atomic mass is 32.2. The Morgan fingerprint density at radius 2 is 2.05 bits per heavy atom. The summed E-state index contributed by atoms with van der Waals surface area (Å²) in [5.74, 6) is 1.90. The molecule has 0 aliphatic carbocycles. The van der Waals surface area contributed by atoms with Gasteiger partial charge in [0.1, 0.15) is 11.6 Å². The van der Waals surface area contributed by atoms with Gasteiger partial charge in [0.2, 0.25) is 0 Å². The van der Waals surface area contributed by atoms with Crippen LogP contribution in [0.5, 0.6) is 0 Å². The van der Waals surface area contributed by atoms with Crippen LogP contribution in [0.4, 0.5) is 13.2 Å². The van der Waals surface area contributed by atoms with Crippen molar-refractivity contribution in [2.24, 2.45) is 0 Å². The fourth-order valence-electron chi connectivity index (χ4n) is 2.04. The summed E-state index contributed by atoms with van der Waals surface area (Å²) in [4.78, 5) is 0.439. The molecule has 0 saturated heterocycles. The molecule has 1 aromatic heterocycles. The topological polar surface area (TPSA) is 54.5 Å². The Morgan fingerprint density at radius 3 is 2.64 bits per heavy atom. The Balaban J connectivity index is 2.22. The number of aryl methyl sites for hydroxylation is 1. The Bertz CT molecular complexity index is 716. The third-order valence-corrected chi connectivity index (χ3v) is 4.10. The lowest BCUT2D eigenvalue weighted by atomic mass is 10.1. The van der Waals surface area contributed by atoms with Crippen LogP contribution in [0.1, 0.15) is 29.7 Å². The third kappa shape index (κ3) is 3.42. The Labute approximate surface area is 130 Å². The molecule has 0 saturated carbocycles. The van der Waals surface area contributed by atoms with E-state index in [4.69, 9.17) is 5.26 Å². The second-order valence-corrected chi connectivity index (χ2v) is 5.56. The van der Waals surface area contributed by atoms with Crippen LogP contribution in [0.3, 0.4) is 0 Å². The van der Waals surface area contributed by atoms with Crippen molar-refractivity contribution in [1.82, 2.24) is 14.8 Å². The molecular formula is C14H13F3N4S. The smallest absolute Gasteiger partial charge is 0.315 e. The van der Waals surface area contributed by atoms with Crippen molar-refractivity contribution < 1.29 is 13.2 Å². The van der Waals surface area contributed by atoms with Crippen LogP contribution in [0.15, 0.2) is 23.1 Å². The SMILES string of the molecule is CCn1c(C)nnc1CSc1ccc(C#N)c(C(F)(F)F)c1. The number of halogens is 3. The first-order valence-corrected chi connectivity index (χ1v) is 7.48. The van der Waals surface area contributed by atoms with E-state index in [0.717, 1.165) is 11.9 Å². The normalized spacial score (nSPS) is 11.5. The minimum Gasteiger partial charge on any atom is -0.315 e. The summed E-state index contributed by atoms with van der Waals surface area (Å²) in [6, 6.07) is 5.28. The molecular weight excluding hydrogens is 313 g/mol. The van der Waals surface area contributed by atoms with Gasteiger partial charge in [-0.3, -0.25) is 0 Å². The number of nitrogens with zero attached hydrogens (tertiary/aromatic N) is 4. The van der Waals surface area contributed by atoms with Crippen molar-refractivity contribution in [2.45, 2.75) is 37.2 Å². The zero-order valence-corrected chi connectivity index (χ0v) is 12.8. The Morgan fingerprint density at radius 1 is 1.32 bits per heavy atom. The standard InChI is InChI=1S/C14H13F3N4S/c1-3-21-9(2)19-20-13(21)8-22-11-5-4-10(7-18)12(6-11)14(15,16)17/h4-6H,3,8H2,1-2H3. The van der Waals surface area contributed by atoms with E-state index in [2.05, 4.69) is 10.2 Å². The summed E-state index contributed by atoms with van der Waals surface area (Å²) in [6.07, 6.45) is -4.54. The minimum absolute atomic E-state index is 0.371. The number of nitriles is 1. The molecule has 0 fully saturated rings. The first kappa shape index (κ1) is 16.4. The molecule has 8 heteroatoms. The van der Waals surface area contributed by atoms with Crippen LogP contribution in [0.2, 0.25) is 0 Å². The highest BCUT2D eigenvalue weighted by Crippen LogP contribution is 2.35. The lowest BCUT2D eigenvalue weighted by molar-refractivity contribution is -0.137. The molecule has 0 amide bonds. The number of aromatic nitrogens is 3. The summed E-state index contributed by atoms with van der Waals surface area (Å²) in [7, 11) is 0. The molecule has 2 rings (SSSR count). The van der Waals surface area contributed by atoms with Gasteiger partial charge in [0.25, 0.3) is 0 Å². The lowest BCUT2D eigenvalue weighted by Crippen LogP contribution is -2.08. The van der Waals surface area contributed by atoms with Crippen molar-refractivity contribution in [1.29, 1.82) is 5.26 Å². The van der Waals surface area contributed by atoms with E-state index in [9.17, 15) is 13.2 Å². The van der Waals surface area contributed by atoms with E-state index in [1.807, 2.05) is 18.4 Å². The fraction of sp³-hybridized carbons (Fsp3) is 0.357. The molecule has 0 unspecified atom stereocenters. The van der Waals surface area contributed by atoms with Crippen molar-refractivity contribution in [3.8, 4) is 6.07 Å². The van der Waals surface area contributed by atoms with E-state index in [1.54, 1.807) is 6.07 Å². The zero-order chi connectivity index (χ0) is 16.3. The maximum absolute atomic E-state index is 12.9. The molecule has 0 atom stereocenters. The quantitative estimate of drug-likeness (QED) is 0.802. The molecule has 1 heterocycles. The summed E-state index contributed by atoms with van der Waals surface area (Å²) in [5.41, 5.74) is -1.28. The van der Waals surface area contributed by atoms with Crippen molar-refractivity contribution >= 4 is 11.8 Å². The molecule has 0 N–H and O–H groups in total. The van der Waals surface area contributed by atoms with E-state index < -0.39 is 11.7 Å². The summed E-state index contributed by atoms with van der Waals surface area (Å²) < 4.78 is 40.6. The van der Waals surface area contributed by atoms with Crippen LogP contribution in [-0.4, -0.2) is 14.8 Å². The largest absolute Gasteiger partial charge is 0.417 e. The minimum atomic E-state index is -4.54. The van der Waals surface area contributed by atoms with E-state index in [0.29, 0.717) is 23.0 Å². The maximum Gasteiger partial charge on any atom is 0.417 e. The molecule has 116 valence electrons. The number of benzene rings is 1. The highest BCUT2D eigenvalue weighted by Gasteiger charge is 2.33. The van der Waals surface area contributed by atoms with Gasteiger partial charge in [-0.15, -0.1) is 22.0 Å². The third-order valence-electron chi connectivity index (χ3n) is 3.11. The number of thioether (sulfide) groups is 1. The van der Waals surface area contributed by atoms with Gasteiger partial charge in [0.15, 0.2) is 0 Å². The predicted octanol–water partition coefficient (Wildman–Crippen LogP) is 3.79. The maximum atomic E-state index is 12.9. The van der Waals surface area contributed by atoms with Crippen molar-refractivity contribution in [2.75, 3.05) is 0 Å². The van der Waals surface area contributed by atoms with Gasteiger partial charge in [-0.2, -0.15) is 18.4 Å². The second-order valence-electron chi connectivity index (χ2n) is 4.51. The number of rotatable bonds is 4. The number of alkyl halides is 3. The predicted molar refractivity (Wildman–Crippen MR) is 76.2 cm³/mol. The Hall–Kier alpha value is -2.01. The molecule has 1 aromatic carbocycles. The molecule has 0 radical (unpaired) electrons. The summed E-state index contributed by atoms with van der Waals surface area (Å²) in [6.45, 7) is 4.48. The van der Waals surface area contributed by atoms with Crippen LogP contribution < -0.4 is 0 Å². The van der Waals surface area contributed by atoms with Crippen LogP contribution >= 0.6 is 11.8 Å². The molecule has 22 heavy (non-hydrogen) atoms. The molecule has 0 bridgehead atoms. The first-order valence-electron chi connectivity index (χ1n) is 6.49. The average molecular weight is 326 g/mol. The molecule has 0 aliphatic rings. The van der Waals surface area contributed by atoms with Crippen molar-refractivity contribution in [3.05, 3.63) is 41.0 Å². The molecule has 4 nitrogen and oxygen atoms in total. The second kappa shape index (κ2) is 6.40. The lowest BCUT2D eigenvalue weighted by Gasteiger charge is -2.10. The van der Waals surface area contributed by atoms with Crippen molar-refractivity contribution in [3.63, 3.8) is 0 Å². The van der Waals surface area contributed by atoms with Crippen LogP contribution in [0, 0.1) is 18.3 Å². The number of hydrogen-bond acceptors (Lipinski definition) is 4. The van der Waals surface area contributed by atoms with Gasteiger partial charge in [-0.05, 0) is 32.0 Å².